The van der Waals surface area contributed by atoms with Gasteiger partial charge in [0.05, 0.1) is 25.0 Å². The number of rotatable bonds is 3. The van der Waals surface area contributed by atoms with Gasteiger partial charge in [0.1, 0.15) is 13.1 Å². The van der Waals surface area contributed by atoms with Gasteiger partial charge >= 0.3 is 5.82 Å². The number of aromatic amines is 1. The standard InChI is InChI=1S/C14H15N5O2/c20-19(21)14-5-4-12(11-16-14)17-7-9-18(10-8-17)13-3-1-2-6-15-13/h1-6,11H,7-10H2/p+1. The fourth-order valence-electron chi connectivity index (χ4n) is 2.46. The molecule has 1 saturated heterocycles. The van der Waals surface area contributed by atoms with Crippen LogP contribution in [0.15, 0.2) is 42.7 Å². The number of aromatic nitrogens is 2. The summed E-state index contributed by atoms with van der Waals surface area (Å²) in [4.78, 5) is 21.7. The molecular weight excluding hydrogens is 270 g/mol. The van der Waals surface area contributed by atoms with Crippen molar-refractivity contribution in [2.75, 3.05) is 36.0 Å². The molecule has 21 heavy (non-hydrogen) atoms. The van der Waals surface area contributed by atoms with Gasteiger partial charge in [-0.25, -0.2) is 4.98 Å². The third-order valence-corrected chi connectivity index (χ3v) is 3.60. The Morgan fingerprint density at radius 2 is 1.86 bits per heavy atom. The average Bonchev–Trinajstić information content (AvgIpc) is 2.56. The van der Waals surface area contributed by atoms with Crippen LogP contribution in [0, 0.1) is 10.1 Å². The molecule has 0 unspecified atom stereocenters. The first-order valence-electron chi connectivity index (χ1n) is 6.81. The zero-order valence-electron chi connectivity index (χ0n) is 11.5. The van der Waals surface area contributed by atoms with Crippen LogP contribution >= 0.6 is 0 Å². The van der Waals surface area contributed by atoms with E-state index in [0.29, 0.717) is 0 Å². The lowest BCUT2D eigenvalue weighted by Gasteiger charge is -2.31. The number of nitrogens with one attached hydrogen (secondary N) is 1. The van der Waals surface area contributed by atoms with E-state index < -0.39 is 4.92 Å². The van der Waals surface area contributed by atoms with Gasteiger partial charge in [0, 0.05) is 12.1 Å². The lowest BCUT2D eigenvalue weighted by atomic mass is 10.2. The first-order valence-corrected chi connectivity index (χ1v) is 6.81. The lowest BCUT2D eigenvalue weighted by molar-refractivity contribution is -0.389. The monoisotopic (exact) mass is 286 g/mol. The highest BCUT2D eigenvalue weighted by atomic mass is 16.6. The van der Waals surface area contributed by atoms with Gasteiger partial charge in [0.25, 0.3) is 5.82 Å². The minimum absolute atomic E-state index is 0.115. The van der Waals surface area contributed by atoms with E-state index >= 15 is 0 Å². The predicted molar refractivity (Wildman–Crippen MR) is 78.3 cm³/mol. The molecule has 0 aliphatic carbocycles. The Bertz CT molecular complexity index is 609. The van der Waals surface area contributed by atoms with Crippen LogP contribution < -0.4 is 14.8 Å². The van der Waals surface area contributed by atoms with E-state index in [4.69, 9.17) is 0 Å². The molecule has 2 aromatic rings. The molecule has 0 radical (unpaired) electrons. The molecule has 1 fully saturated rings. The molecule has 3 heterocycles. The van der Waals surface area contributed by atoms with E-state index in [0.717, 1.165) is 37.7 Å². The Kier molecular flexibility index (Phi) is 3.63. The molecule has 1 aliphatic heterocycles. The van der Waals surface area contributed by atoms with Crippen LogP contribution in [0.3, 0.4) is 0 Å². The number of piperazine rings is 1. The molecule has 7 nitrogen and oxygen atoms in total. The molecule has 3 rings (SSSR count). The Balaban J connectivity index is 1.64. The van der Waals surface area contributed by atoms with Crippen LogP contribution in [0.4, 0.5) is 17.3 Å². The summed E-state index contributed by atoms with van der Waals surface area (Å²) >= 11 is 0. The summed E-state index contributed by atoms with van der Waals surface area (Å²) in [5.41, 5.74) is 0.928. The fourth-order valence-corrected chi connectivity index (χ4v) is 2.46. The maximum atomic E-state index is 10.6. The molecule has 1 N–H and O–H groups in total. The molecule has 0 spiro atoms. The third-order valence-electron chi connectivity index (χ3n) is 3.60. The van der Waals surface area contributed by atoms with Crippen molar-refractivity contribution in [2.24, 2.45) is 0 Å². The lowest BCUT2D eigenvalue weighted by Crippen LogP contribution is -2.48. The van der Waals surface area contributed by atoms with E-state index in [1.807, 2.05) is 18.3 Å². The molecule has 7 heteroatoms. The van der Waals surface area contributed by atoms with E-state index in [9.17, 15) is 10.1 Å². The summed E-state index contributed by atoms with van der Waals surface area (Å²) in [7, 11) is 0. The number of hydrogen-bond acceptors (Lipinski definition) is 5. The van der Waals surface area contributed by atoms with Gasteiger partial charge in [0.2, 0.25) is 0 Å². The molecule has 0 amide bonds. The fraction of sp³-hybridized carbons (Fsp3) is 0.286. The third kappa shape index (κ3) is 2.91. The van der Waals surface area contributed by atoms with Crippen molar-refractivity contribution in [3.63, 3.8) is 0 Å². The van der Waals surface area contributed by atoms with E-state index in [1.54, 1.807) is 12.3 Å². The summed E-state index contributed by atoms with van der Waals surface area (Å²) in [6.45, 7) is 3.53. The van der Waals surface area contributed by atoms with E-state index in [2.05, 4.69) is 25.8 Å². The highest BCUT2D eigenvalue weighted by Crippen LogP contribution is 2.19. The van der Waals surface area contributed by atoms with Gasteiger partial charge in [-0.3, -0.25) is 4.90 Å². The number of nitro groups is 1. The highest BCUT2D eigenvalue weighted by Gasteiger charge is 2.24. The van der Waals surface area contributed by atoms with Crippen LogP contribution in [0.2, 0.25) is 0 Å². The van der Waals surface area contributed by atoms with Crippen LogP contribution in [-0.4, -0.2) is 36.1 Å². The number of pyridine rings is 2. The number of H-pyrrole nitrogens is 1. The molecule has 1 aliphatic rings. The summed E-state index contributed by atoms with van der Waals surface area (Å²) in [5.74, 6) is 0.996. The summed E-state index contributed by atoms with van der Waals surface area (Å²) < 4.78 is 0. The quantitative estimate of drug-likeness (QED) is 0.624. The van der Waals surface area contributed by atoms with E-state index in [1.165, 1.54) is 6.07 Å². The van der Waals surface area contributed by atoms with Crippen molar-refractivity contribution >= 4 is 17.3 Å². The maximum absolute atomic E-state index is 10.6. The van der Waals surface area contributed by atoms with Crippen molar-refractivity contribution < 1.29 is 9.91 Å². The molecule has 0 bridgehead atoms. The van der Waals surface area contributed by atoms with Crippen LogP contribution in [0.1, 0.15) is 0 Å². The Labute approximate surface area is 122 Å². The van der Waals surface area contributed by atoms with Crippen LogP contribution in [-0.2, 0) is 0 Å². The SMILES string of the molecule is O=[N+]([O-])c1ccc(N2CCN(c3cccc[nH+]3)CC2)cn1. The van der Waals surface area contributed by atoms with Crippen molar-refractivity contribution in [1.29, 1.82) is 0 Å². The molecule has 0 atom stereocenters. The Morgan fingerprint density at radius 3 is 2.43 bits per heavy atom. The molecule has 108 valence electrons. The van der Waals surface area contributed by atoms with E-state index in [-0.39, 0.29) is 5.82 Å². The number of hydrogen-bond donors (Lipinski definition) is 0. The second kappa shape index (κ2) is 5.74. The van der Waals surface area contributed by atoms with Crippen LogP contribution in [0.5, 0.6) is 0 Å². The summed E-state index contributed by atoms with van der Waals surface area (Å²) in [6, 6.07) is 9.24. The first-order chi connectivity index (χ1) is 10.2. The average molecular weight is 286 g/mol. The minimum atomic E-state index is -0.479. The first kappa shape index (κ1) is 13.3. The largest absolute Gasteiger partial charge is 0.363 e. The minimum Gasteiger partial charge on any atom is -0.361 e. The highest BCUT2D eigenvalue weighted by molar-refractivity contribution is 5.48. The Hall–Kier alpha value is -2.70. The van der Waals surface area contributed by atoms with Gasteiger partial charge < -0.3 is 15.0 Å². The zero-order valence-corrected chi connectivity index (χ0v) is 11.5. The molecule has 2 aromatic heterocycles. The van der Waals surface area contributed by atoms with Crippen molar-refractivity contribution in [3.8, 4) is 0 Å². The zero-order chi connectivity index (χ0) is 14.7. The topological polar surface area (TPSA) is 76.7 Å². The van der Waals surface area contributed by atoms with Crippen molar-refractivity contribution in [1.82, 2.24) is 4.98 Å². The second-order valence-electron chi connectivity index (χ2n) is 4.85. The second-order valence-corrected chi connectivity index (χ2v) is 4.85. The number of anilines is 2. The smallest absolute Gasteiger partial charge is 0.361 e. The summed E-state index contributed by atoms with van der Waals surface area (Å²) in [6.07, 6.45) is 3.49. The van der Waals surface area contributed by atoms with Gasteiger partial charge in [0.15, 0.2) is 6.20 Å². The van der Waals surface area contributed by atoms with Crippen molar-refractivity contribution in [2.45, 2.75) is 0 Å². The maximum Gasteiger partial charge on any atom is 0.363 e. The van der Waals surface area contributed by atoms with Gasteiger partial charge in [-0.15, -0.1) is 0 Å². The van der Waals surface area contributed by atoms with Crippen molar-refractivity contribution in [3.05, 3.63) is 52.8 Å². The van der Waals surface area contributed by atoms with Gasteiger partial charge in [-0.05, 0) is 22.0 Å². The van der Waals surface area contributed by atoms with Crippen LogP contribution in [0.25, 0.3) is 0 Å². The molecular formula is C14H16N5O2+. The van der Waals surface area contributed by atoms with Gasteiger partial charge in [-0.2, -0.15) is 0 Å². The predicted octanol–water partition coefficient (Wildman–Crippen LogP) is 1.13. The number of nitrogens with zero attached hydrogens (tertiary/aromatic N) is 4. The molecule has 0 aromatic carbocycles. The Morgan fingerprint density at radius 1 is 1.10 bits per heavy atom. The normalized spacial score (nSPS) is 15.0. The van der Waals surface area contributed by atoms with Gasteiger partial charge in [-0.1, -0.05) is 6.07 Å². The molecule has 0 saturated carbocycles. The summed E-state index contributed by atoms with van der Waals surface area (Å²) in [5, 5.41) is 10.6.